The summed E-state index contributed by atoms with van der Waals surface area (Å²) >= 11 is 12.4. The van der Waals surface area contributed by atoms with Crippen LogP contribution in [0.25, 0.3) is 0 Å². The Morgan fingerprint density at radius 1 is 1.12 bits per heavy atom. The minimum Gasteiger partial charge on any atom is -0.480 e. The topological polar surface area (TPSA) is 40.5 Å². The minimum atomic E-state index is -0.764. The lowest BCUT2D eigenvalue weighted by molar-refractivity contribution is -0.145. The standard InChI is InChI=1S/C21H23Cl2NO2/c1-2-14-6-8-15(9-7-14)20(16-10-11-17(22)18(23)13-16)24-12-4-3-5-19(24)21(25)26/h6-11,13,19-20H,2-5,12H2,1H3,(H,25,26). The molecule has 0 aliphatic carbocycles. The molecule has 1 aliphatic heterocycles. The Balaban J connectivity index is 2.07. The molecule has 3 rings (SSSR count). The second kappa shape index (κ2) is 8.43. The van der Waals surface area contributed by atoms with Crippen molar-refractivity contribution in [3.63, 3.8) is 0 Å². The van der Waals surface area contributed by atoms with Crippen LogP contribution >= 0.6 is 23.2 Å². The molecule has 1 N–H and O–H groups in total. The first-order chi connectivity index (χ1) is 12.5. The quantitative estimate of drug-likeness (QED) is 0.722. The van der Waals surface area contributed by atoms with Crippen LogP contribution in [0.15, 0.2) is 42.5 Å². The van der Waals surface area contributed by atoms with Crippen LogP contribution in [0.5, 0.6) is 0 Å². The molecular weight excluding hydrogens is 369 g/mol. The van der Waals surface area contributed by atoms with Gasteiger partial charge >= 0.3 is 5.97 Å². The van der Waals surface area contributed by atoms with Gasteiger partial charge in [-0.2, -0.15) is 0 Å². The fraction of sp³-hybridized carbons (Fsp3) is 0.381. The van der Waals surface area contributed by atoms with Crippen molar-refractivity contribution in [2.75, 3.05) is 6.54 Å². The maximum absolute atomic E-state index is 11.9. The van der Waals surface area contributed by atoms with E-state index < -0.39 is 12.0 Å². The molecule has 3 nitrogen and oxygen atoms in total. The maximum atomic E-state index is 11.9. The first-order valence-corrected chi connectivity index (χ1v) is 9.79. The average molecular weight is 392 g/mol. The number of hydrogen-bond acceptors (Lipinski definition) is 2. The van der Waals surface area contributed by atoms with E-state index in [0.29, 0.717) is 16.5 Å². The van der Waals surface area contributed by atoms with Crippen molar-refractivity contribution in [2.45, 2.75) is 44.7 Å². The molecule has 2 atom stereocenters. The molecule has 0 amide bonds. The van der Waals surface area contributed by atoms with E-state index in [0.717, 1.165) is 36.9 Å². The van der Waals surface area contributed by atoms with Gasteiger partial charge < -0.3 is 5.11 Å². The summed E-state index contributed by atoms with van der Waals surface area (Å²) in [4.78, 5) is 14.0. The molecule has 26 heavy (non-hydrogen) atoms. The Hall–Kier alpha value is -1.55. The van der Waals surface area contributed by atoms with Gasteiger partial charge in [0.2, 0.25) is 0 Å². The number of benzene rings is 2. The van der Waals surface area contributed by atoms with Crippen LogP contribution in [0.2, 0.25) is 10.0 Å². The molecular formula is C21H23Cl2NO2. The summed E-state index contributed by atoms with van der Waals surface area (Å²) in [7, 11) is 0. The number of aliphatic carboxylic acids is 1. The van der Waals surface area contributed by atoms with Gasteiger partial charge in [0.15, 0.2) is 0 Å². The van der Waals surface area contributed by atoms with E-state index in [4.69, 9.17) is 23.2 Å². The number of carbonyl (C=O) groups is 1. The monoisotopic (exact) mass is 391 g/mol. The third kappa shape index (κ3) is 4.06. The Bertz CT molecular complexity index is 776. The summed E-state index contributed by atoms with van der Waals surface area (Å²) in [6.45, 7) is 2.87. The van der Waals surface area contributed by atoms with Crippen molar-refractivity contribution < 1.29 is 9.90 Å². The van der Waals surface area contributed by atoms with Gasteiger partial charge in [0.25, 0.3) is 0 Å². The van der Waals surface area contributed by atoms with Gasteiger partial charge in [-0.1, -0.05) is 66.9 Å². The largest absolute Gasteiger partial charge is 0.480 e. The fourth-order valence-corrected chi connectivity index (χ4v) is 4.03. The highest BCUT2D eigenvalue weighted by Crippen LogP contribution is 2.36. The van der Waals surface area contributed by atoms with Crippen LogP contribution in [0.4, 0.5) is 0 Å². The normalized spacial score (nSPS) is 19.3. The minimum absolute atomic E-state index is 0.155. The zero-order valence-corrected chi connectivity index (χ0v) is 16.3. The van der Waals surface area contributed by atoms with Gasteiger partial charge in [0, 0.05) is 0 Å². The molecule has 2 unspecified atom stereocenters. The van der Waals surface area contributed by atoms with Crippen molar-refractivity contribution in [2.24, 2.45) is 0 Å². The molecule has 5 heteroatoms. The maximum Gasteiger partial charge on any atom is 0.320 e. The van der Waals surface area contributed by atoms with Crippen LogP contribution in [-0.2, 0) is 11.2 Å². The van der Waals surface area contributed by atoms with Gasteiger partial charge in [0.1, 0.15) is 6.04 Å². The Morgan fingerprint density at radius 2 is 1.81 bits per heavy atom. The van der Waals surface area contributed by atoms with Crippen LogP contribution in [0, 0.1) is 0 Å². The van der Waals surface area contributed by atoms with Crippen LogP contribution in [-0.4, -0.2) is 28.6 Å². The molecule has 2 aromatic carbocycles. The lowest BCUT2D eigenvalue weighted by Crippen LogP contribution is -2.46. The number of nitrogens with zero attached hydrogens (tertiary/aromatic N) is 1. The summed E-state index contributed by atoms with van der Waals surface area (Å²) in [5, 5.41) is 10.7. The predicted molar refractivity (Wildman–Crippen MR) is 106 cm³/mol. The van der Waals surface area contributed by atoms with Crippen molar-refractivity contribution in [1.82, 2.24) is 4.90 Å². The van der Waals surface area contributed by atoms with Crippen molar-refractivity contribution >= 4 is 29.2 Å². The lowest BCUT2D eigenvalue weighted by Gasteiger charge is -2.39. The third-order valence-electron chi connectivity index (χ3n) is 5.12. The van der Waals surface area contributed by atoms with E-state index in [-0.39, 0.29) is 6.04 Å². The SMILES string of the molecule is CCc1ccc(C(c2ccc(Cl)c(Cl)c2)N2CCCCC2C(=O)O)cc1. The van der Waals surface area contributed by atoms with Crippen molar-refractivity contribution in [1.29, 1.82) is 0 Å². The number of halogens is 2. The first kappa shape index (κ1) is 19.2. The predicted octanol–water partition coefficient (Wildman–Crippen LogP) is 5.58. The van der Waals surface area contributed by atoms with Crippen LogP contribution in [0.3, 0.4) is 0 Å². The second-order valence-electron chi connectivity index (χ2n) is 6.76. The number of rotatable bonds is 5. The zero-order valence-electron chi connectivity index (χ0n) is 14.8. The van der Waals surface area contributed by atoms with Gasteiger partial charge in [0.05, 0.1) is 16.1 Å². The second-order valence-corrected chi connectivity index (χ2v) is 7.57. The molecule has 1 aliphatic rings. The molecule has 0 bridgehead atoms. The van der Waals surface area contributed by atoms with Gasteiger partial charge in [-0.3, -0.25) is 9.69 Å². The van der Waals surface area contributed by atoms with E-state index >= 15 is 0 Å². The summed E-state index contributed by atoms with van der Waals surface area (Å²) in [5.74, 6) is -0.764. The highest BCUT2D eigenvalue weighted by atomic mass is 35.5. The summed E-state index contributed by atoms with van der Waals surface area (Å²) in [5.41, 5.74) is 3.31. The molecule has 0 saturated carbocycles. The highest BCUT2D eigenvalue weighted by Gasteiger charge is 2.35. The van der Waals surface area contributed by atoms with E-state index in [2.05, 4.69) is 36.1 Å². The number of hydrogen-bond donors (Lipinski definition) is 1. The molecule has 138 valence electrons. The Labute approximate surface area is 164 Å². The summed E-state index contributed by atoms with van der Waals surface area (Å²) < 4.78 is 0. The number of likely N-dealkylation sites (tertiary alicyclic amines) is 1. The van der Waals surface area contributed by atoms with Gasteiger partial charge in [-0.05, 0) is 54.6 Å². The van der Waals surface area contributed by atoms with Gasteiger partial charge in [-0.25, -0.2) is 0 Å². The van der Waals surface area contributed by atoms with E-state index in [9.17, 15) is 9.90 Å². The van der Waals surface area contributed by atoms with Crippen molar-refractivity contribution in [3.8, 4) is 0 Å². The zero-order chi connectivity index (χ0) is 18.7. The van der Waals surface area contributed by atoms with E-state index in [1.54, 1.807) is 6.07 Å². The molecule has 2 aromatic rings. The van der Waals surface area contributed by atoms with E-state index in [1.165, 1.54) is 5.56 Å². The third-order valence-corrected chi connectivity index (χ3v) is 5.86. The molecule has 1 saturated heterocycles. The highest BCUT2D eigenvalue weighted by molar-refractivity contribution is 6.42. The van der Waals surface area contributed by atoms with Gasteiger partial charge in [-0.15, -0.1) is 0 Å². The average Bonchev–Trinajstić information content (AvgIpc) is 2.65. The smallest absolute Gasteiger partial charge is 0.320 e. The molecule has 0 spiro atoms. The summed E-state index contributed by atoms with van der Waals surface area (Å²) in [6.07, 6.45) is 3.57. The Kier molecular flexibility index (Phi) is 6.23. The Morgan fingerprint density at radius 3 is 2.42 bits per heavy atom. The molecule has 1 heterocycles. The first-order valence-electron chi connectivity index (χ1n) is 9.03. The van der Waals surface area contributed by atoms with Crippen molar-refractivity contribution in [3.05, 3.63) is 69.2 Å². The van der Waals surface area contributed by atoms with Crippen LogP contribution < -0.4 is 0 Å². The molecule has 0 radical (unpaired) electrons. The molecule has 1 fully saturated rings. The lowest BCUT2D eigenvalue weighted by atomic mass is 9.91. The number of piperidine rings is 1. The number of aryl methyl sites for hydroxylation is 1. The van der Waals surface area contributed by atoms with Crippen LogP contribution in [0.1, 0.15) is 48.9 Å². The number of carboxylic acids is 1. The van der Waals surface area contributed by atoms with E-state index in [1.807, 2.05) is 12.1 Å². The summed E-state index contributed by atoms with van der Waals surface area (Å²) in [6, 6.07) is 13.4. The number of carboxylic acid groups (broad SMARTS) is 1. The molecule has 0 aromatic heterocycles. The fourth-order valence-electron chi connectivity index (χ4n) is 3.72.